The molecule has 0 saturated heterocycles. The predicted molar refractivity (Wildman–Crippen MR) is 115 cm³/mol. The Morgan fingerprint density at radius 1 is 0.964 bits per heavy atom. The number of phenols is 1. The summed E-state index contributed by atoms with van der Waals surface area (Å²) in [6.07, 6.45) is 4.44. The number of nitrogens with two attached hydrogens (primary N) is 1. The van der Waals surface area contributed by atoms with Gasteiger partial charge in [-0.1, -0.05) is 42.5 Å². The van der Waals surface area contributed by atoms with Crippen LogP contribution in [-0.2, 0) is 0 Å². The summed E-state index contributed by atoms with van der Waals surface area (Å²) in [6, 6.07) is 24.1. The Morgan fingerprint density at radius 2 is 1.71 bits per heavy atom. The van der Waals surface area contributed by atoms with E-state index in [4.69, 9.17) is 5.73 Å². The third-order valence-corrected chi connectivity index (χ3v) is 5.42. The average Bonchev–Trinajstić information content (AvgIpc) is 3.19. The predicted octanol–water partition coefficient (Wildman–Crippen LogP) is 2.86. The molecule has 1 atom stereocenters. The number of nitrogens with zero attached hydrogens (tertiary/aromatic N) is 2. The Labute approximate surface area is 163 Å². The minimum absolute atomic E-state index is 0.160. The lowest BCUT2D eigenvalue weighted by Crippen LogP contribution is -2.35. The van der Waals surface area contributed by atoms with Gasteiger partial charge in [0.05, 0.1) is 16.9 Å². The molecule has 3 N–H and O–H groups in total. The van der Waals surface area contributed by atoms with Gasteiger partial charge < -0.3 is 15.8 Å². The fourth-order valence-corrected chi connectivity index (χ4v) is 4.06. The van der Waals surface area contributed by atoms with E-state index in [-0.39, 0.29) is 11.8 Å². The smallest absolute Gasteiger partial charge is 0.116 e. The number of anilines is 1. The highest BCUT2D eigenvalue weighted by atomic mass is 16.3. The molecule has 138 valence electrons. The van der Waals surface area contributed by atoms with Crippen LogP contribution < -0.4 is 21.3 Å². The SMILES string of the molecule is CN1C(c2ccccc2)C=c2/c(=C\c3ccc(N)cc3)c3cc(O)ccc3n21. The van der Waals surface area contributed by atoms with E-state index >= 15 is 0 Å². The van der Waals surface area contributed by atoms with E-state index in [1.165, 1.54) is 5.56 Å². The summed E-state index contributed by atoms with van der Waals surface area (Å²) in [5, 5.41) is 15.6. The van der Waals surface area contributed by atoms with E-state index in [0.29, 0.717) is 0 Å². The topological polar surface area (TPSA) is 54.4 Å². The van der Waals surface area contributed by atoms with Crippen molar-refractivity contribution in [3.8, 4) is 5.75 Å². The number of benzene rings is 3. The van der Waals surface area contributed by atoms with Crippen molar-refractivity contribution < 1.29 is 5.11 Å². The van der Waals surface area contributed by atoms with E-state index in [1.54, 1.807) is 6.07 Å². The quantitative estimate of drug-likeness (QED) is 0.536. The van der Waals surface area contributed by atoms with Crippen LogP contribution in [0.5, 0.6) is 5.75 Å². The van der Waals surface area contributed by atoms with Gasteiger partial charge in [-0.25, -0.2) is 0 Å². The van der Waals surface area contributed by atoms with Crippen molar-refractivity contribution in [2.24, 2.45) is 0 Å². The Balaban J connectivity index is 1.81. The molecule has 0 radical (unpaired) electrons. The first-order valence-corrected chi connectivity index (χ1v) is 9.32. The first kappa shape index (κ1) is 16.5. The van der Waals surface area contributed by atoms with Crippen molar-refractivity contribution in [1.82, 2.24) is 4.68 Å². The van der Waals surface area contributed by atoms with Crippen LogP contribution in [-0.4, -0.2) is 16.8 Å². The molecule has 3 aromatic carbocycles. The van der Waals surface area contributed by atoms with Gasteiger partial charge >= 0.3 is 0 Å². The van der Waals surface area contributed by atoms with Crippen LogP contribution in [0.2, 0.25) is 0 Å². The number of hydrogen-bond acceptors (Lipinski definition) is 3. The molecule has 0 fully saturated rings. The minimum Gasteiger partial charge on any atom is -0.508 e. The number of fused-ring (bicyclic) bond motifs is 3. The maximum atomic E-state index is 10.1. The fraction of sp³-hybridized carbons (Fsp3) is 0.0833. The highest BCUT2D eigenvalue weighted by Gasteiger charge is 2.24. The number of hydrogen-bond donors (Lipinski definition) is 2. The number of phenolic OH excluding ortho intramolecular Hbond substituents is 1. The monoisotopic (exact) mass is 367 g/mol. The molecule has 0 amide bonds. The number of nitrogen functional groups attached to an aromatic ring is 1. The second kappa shape index (κ2) is 6.20. The lowest BCUT2D eigenvalue weighted by atomic mass is 10.1. The molecule has 0 bridgehead atoms. The third-order valence-electron chi connectivity index (χ3n) is 5.42. The van der Waals surface area contributed by atoms with Crippen molar-refractivity contribution in [2.75, 3.05) is 17.8 Å². The summed E-state index contributed by atoms with van der Waals surface area (Å²) in [6.45, 7) is 0. The summed E-state index contributed by atoms with van der Waals surface area (Å²) in [7, 11) is 2.10. The van der Waals surface area contributed by atoms with Gasteiger partial charge in [0, 0.05) is 23.3 Å². The maximum absolute atomic E-state index is 10.1. The highest BCUT2D eigenvalue weighted by Crippen LogP contribution is 2.26. The summed E-state index contributed by atoms with van der Waals surface area (Å²) < 4.78 is 2.23. The summed E-state index contributed by atoms with van der Waals surface area (Å²) in [5.74, 6) is 0.269. The molecule has 28 heavy (non-hydrogen) atoms. The molecule has 5 rings (SSSR count). The average molecular weight is 367 g/mol. The van der Waals surface area contributed by atoms with Gasteiger partial charge in [-0.05, 0) is 53.6 Å². The maximum Gasteiger partial charge on any atom is 0.116 e. The Kier molecular flexibility index (Phi) is 3.66. The zero-order valence-corrected chi connectivity index (χ0v) is 15.6. The van der Waals surface area contributed by atoms with E-state index in [0.717, 1.165) is 32.7 Å². The number of aromatic nitrogens is 1. The van der Waals surface area contributed by atoms with Gasteiger partial charge in [-0.15, -0.1) is 0 Å². The zero-order valence-electron chi connectivity index (χ0n) is 15.6. The molecule has 4 aromatic rings. The molecular weight excluding hydrogens is 346 g/mol. The largest absolute Gasteiger partial charge is 0.508 e. The Bertz CT molecular complexity index is 1290. The van der Waals surface area contributed by atoms with Crippen LogP contribution in [0.4, 0.5) is 5.69 Å². The van der Waals surface area contributed by atoms with Crippen molar-refractivity contribution >= 4 is 28.7 Å². The second-order valence-corrected chi connectivity index (χ2v) is 7.22. The molecule has 4 heteroatoms. The van der Waals surface area contributed by atoms with Crippen LogP contribution in [0.3, 0.4) is 0 Å². The van der Waals surface area contributed by atoms with Crippen molar-refractivity contribution in [2.45, 2.75) is 6.04 Å². The molecule has 1 unspecified atom stereocenters. The van der Waals surface area contributed by atoms with Gasteiger partial charge in [0.2, 0.25) is 0 Å². The van der Waals surface area contributed by atoms with E-state index in [2.05, 4.69) is 53.2 Å². The standard InChI is InChI=1S/C24H21N3O/c1-26-23(17-5-3-2-4-6-17)15-24-20(13-16-7-9-18(25)10-8-16)21-14-19(28)11-12-22(21)27(24)26/h2-15,23,28H,25H2,1H3/b20-13-. The summed E-state index contributed by atoms with van der Waals surface area (Å²) in [4.78, 5) is 0. The Morgan fingerprint density at radius 3 is 2.46 bits per heavy atom. The molecular formula is C24H21N3O. The van der Waals surface area contributed by atoms with Gasteiger partial charge in [-0.3, -0.25) is 4.68 Å². The zero-order chi connectivity index (χ0) is 19.3. The van der Waals surface area contributed by atoms with Gasteiger partial charge in [0.1, 0.15) is 5.75 Å². The molecule has 1 aliphatic heterocycles. The van der Waals surface area contributed by atoms with E-state index < -0.39 is 0 Å². The van der Waals surface area contributed by atoms with Gasteiger partial charge in [0.15, 0.2) is 0 Å². The lowest BCUT2D eigenvalue weighted by Gasteiger charge is -2.25. The van der Waals surface area contributed by atoms with Crippen LogP contribution in [0.15, 0.2) is 72.8 Å². The number of rotatable bonds is 2. The number of aromatic hydroxyl groups is 1. The van der Waals surface area contributed by atoms with Crippen molar-refractivity contribution in [3.63, 3.8) is 0 Å². The summed E-state index contributed by atoms with van der Waals surface area (Å²) in [5.41, 5.74) is 9.99. The van der Waals surface area contributed by atoms with E-state index in [9.17, 15) is 5.11 Å². The molecule has 1 aromatic heterocycles. The molecule has 4 nitrogen and oxygen atoms in total. The molecule has 1 aliphatic rings. The molecule has 0 aliphatic carbocycles. The fourth-order valence-electron chi connectivity index (χ4n) is 4.06. The normalized spacial score (nSPS) is 16.4. The summed E-state index contributed by atoms with van der Waals surface area (Å²) >= 11 is 0. The van der Waals surface area contributed by atoms with Crippen molar-refractivity contribution in [1.29, 1.82) is 0 Å². The van der Waals surface area contributed by atoms with Gasteiger partial charge in [-0.2, -0.15) is 0 Å². The van der Waals surface area contributed by atoms with Crippen LogP contribution in [0.25, 0.3) is 23.1 Å². The molecule has 2 heterocycles. The van der Waals surface area contributed by atoms with Gasteiger partial charge in [0.25, 0.3) is 0 Å². The lowest BCUT2D eigenvalue weighted by molar-refractivity contribution is 0.476. The Hall–Kier alpha value is -3.66. The van der Waals surface area contributed by atoms with Crippen molar-refractivity contribution in [3.05, 3.63) is 94.5 Å². The molecule has 0 spiro atoms. The first-order chi connectivity index (χ1) is 13.6. The first-order valence-electron chi connectivity index (χ1n) is 9.32. The van der Waals surface area contributed by atoms with E-state index in [1.807, 2.05) is 42.5 Å². The molecule has 0 saturated carbocycles. The second-order valence-electron chi connectivity index (χ2n) is 7.22. The van der Waals surface area contributed by atoms with Crippen LogP contribution in [0, 0.1) is 0 Å². The van der Waals surface area contributed by atoms with Crippen LogP contribution >= 0.6 is 0 Å². The third kappa shape index (κ3) is 2.54. The van der Waals surface area contributed by atoms with Crippen LogP contribution in [0.1, 0.15) is 17.2 Å². The minimum atomic E-state index is 0.160. The highest BCUT2D eigenvalue weighted by molar-refractivity contribution is 5.86.